The first-order chi connectivity index (χ1) is 10.1. The molecule has 1 heterocycles. The van der Waals surface area contributed by atoms with E-state index in [2.05, 4.69) is 23.3 Å². The lowest BCUT2D eigenvalue weighted by atomic mass is 10.0. The Balaban J connectivity index is 2.19. The first-order valence-corrected chi connectivity index (χ1v) is 7.64. The van der Waals surface area contributed by atoms with E-state index in [9.17, 15) is 4.39 Å². The minimum atomic E-state index is -0.388. The van der Waals surface area contributed by atoms with Crippen LogP contribution < -0.4 is 5.32 Å². The van der Waals surface area contributed by atoms with E-state index in [1.54, 1.807) is 12.1 Å². The van der Waals surface area contributed by atoms with E-state index in [0.717, 1.165) is 30.6 Å². The molecule has 0 bridgehead atoms. The average molecular weight is 307 g/mol. The predicted molar refractivity (Wildman–Crippen MR) is 85.1 cm³/mol. The molecule has 2 rings (SSSR count). The van der Waals surface area contributed by atoms with E-state index >= 15 is 0 Å². The third-order valence-corrected chi connectivity index (χ3v) is 3.79. The molecule has 1 aromatic carbocycles. The number of benzene rings is 1. The highest BCUT2D eigenvalue weighted by Gasteiger charge is 2.13. The number of nitrogens with one attached hydrogen (secondary N) is 1. The maximum absolute atomic E-state index is 13.3. The SMILES string of the molecule is CCNC(Cc1ccc(CC)cn1)c1ccc(F)c(Cl)c1. The van der Waals surface area contributed by atoms with Gasteiger partial charge in [-0.3, -0.25) is 4.98 Å². The van der Waals surface area contributed by atoms with Gasteiger partial charge in [-0.05, 0) is 42.3 Å². The second kappa shape index (κ2) is 7.53. The van der Waals surface area contributed by atoms with E-state index in [-0.39, 0.29) is 16.9 Å². The van der Waals surface area contributed by atoms with Crippen LogP contribution in [0.1, 0.15) is 36.7 Å². The van der Waals surface area contributed by atoms with Gasteiger partial charge in [-0.15, -0.1) is 0 Å². The van der Waals surface area contributed by atoms with Gasteiger partial charge in [0.1, 0.15) is 5.82 Å². The second-order valence-corrected chi connectivity index (χ2v) is 5.41. The quantitative estimate of drug-likeness (QED) is 0.859. The van der Waals surface area contributed by atoms with Crippen molar-refractivity contribution in [3.63, 3.8) is 0 Å². The smallest absolute Gasteiger partial charge is 0.141 e. The Kier molecular flexibility index (Phi) is 5.71. The van der Waals surface area contributed by atoms with Crippen molar-refractivity contribution in [3.8, 4) is 0 Å². The van der Waals surface area contributed by atoms with E-state index < -0.39 is 0 Å². The van der Waals surface area contributed by atoms with E-state index in [0.29, 0.717) is 0 Å². The molecular weight excluding hydrogens is 287 g/mol. The van der Waals surface area contributed by atoms with Crippen molar-refractivity contribution in [1.29, 1.82) is 0 Å². The van der Waals surface area contributed by atoms with Gasteiger partial charge in [0, 0.05) is 24.4 Å². The molecule has 0 aliphatic heterocycles. The summed E-state index contributed by atoms with van der Waals surface area (Å²) in [5.74, 6) is -0.388. The van der Waals surface area contributed by atoms with Crippen molar-refractivity contribution in [2.75, 3.05) is 6.54 Å². The zero-order chi connectivity index (χ0) is 15.2. The molecule has 1 unspecified atom stereocenters. The number of aryl methyl sites for hydroxylation is 1. The lowest BCUT2D eigenvalue weighted by Crippen LogP contribution is -2.23. The number of rotatable bonds is 6. The van der Waals surface area contributed by atoms with Gasteiger partial charge in [-0.1, -0.05) is 37.6 Å². The molecule has 0 aliphatic carbocycles. The summed E-state index contributed by atoms with van der Waals surface area (Å²) in [4.78, 5) is 4.49. The first-order valence-electron chi connectivity index (χ1n) is 7.26. The lowest BCUT2D eigenvalue weighted by molar-refractivity contribution is 0.542. The molecule has 112 valence electrons. The van der Waals surface area contributed by atoms with Gasteiger partial charge in [-0.2, -0.15) is 0 Å². The highest BCUT2D eigenvalue weighted by Crippen LogP contribution is 2.23. The number of pyridine rings is 1. The highest BCUT2D eigenvalue weighted by atomic mass is 35.5. The summed E-state index contributed by atoms with van der Waals surface area (Å²) >= 11 is 5.88. The van der Waals surface area contributed by atoms with Crippen molar-refractivity contribution >= 4 is 11.6 Å². The third-order valence-electron chi connectivity index (χ3n) is 3.50. The molecule has 0 radical (unpaired) electrons. The molecule has 1 aromatic heterocycles. The number of likely N-dealkylation sites (N-methyl/N-ethyl adjacent to an activating group) is 1. The van der Waals surface area contributed by atoms with Gasteiger partial charge in [-0.25, -0.2) is 4.39 Å². The largest absolute Gasteiger partial charge is 0.310 e. The molecule has 0 fully saturated rings. The molecule has 2 aromatic rings. The number of aromatic nitrogens is 1. The summed E-state index contributed by atoms with van der Waals surface area (Å²) in [6.07, 6.45) is 3.65. The Morgan fingerprint density at radius 2 is 2.05 bits per heavy atom. The topological polar surface area (TPSA) is 24.9 Å². The molecule has 1 N–H and O–H groups in total. The summed E-state index contributed by atoms with van der Waals surface area (Å²) in [6.45, 7) is 4.98. The molecule has 21 heavy (non-hydrogen) atoms. The Hall–Kier alpha value is -1.45. The number of halogens is 2. The van der Waals surface area contributed by atoms with E-state index in [1.165, 1.54) is 11.6 Å². The van der Waals surface area contributed by atoms with Crippen molar-refractivity contribution in [2.24, 2.45) is 0 Å². The zero-order valence-corrected chi connectivity index (χ0v) is 13.1. The third kappa shape index (κ3) is 4.26. The fraction of sp³-hybridized carbons (Fsp3) is 0.353. The fourth-order valence-corrected chi connectivity index (χ4v) is 2.47. The molecule has 2 nitrogen and oxygen atoms in total. The Morgan fingerprint density at radius 1 is 1.24 bits per heavy atom. The molecule has 1 atom stereocenters. The van der Waals surface area contributed by atoms with Gasteiger partial charge in [0.05, 0.1) is 5.02 Å². The summed E-state index contributed by atoms with van der Waals surface area (Å²) in [7, 11) is 0. The van der Waals surface area contributed by atoms with Crippen LogP contribution in [0.15, 0.2) is 36.5 Å². The van der Waals surface area contributed by atoms with Gasteiger partial charge < -0.3 is 5.32 Å². The van der Waals surface area contributed by atoms with Crippen LogP contribution in [-0.4, -0.2) is 11.5 Å². The standard InChI is InChI=1S/C17H20ClFN2/c1-3-12-5-7-14(21-11-12)10-17(20-4-2)13-6-8-16(19)15(18)9-13/h5-9,11,17,20H,3-4,10H2,1-2H3. The van der Waals surface area contributed by atoms with Crippen LogP contribution in [0.5, 0.6) is 0 Å². The van der Waals surface area contributed by atoms with Crippen molar-refractivity contribution < 1.29 is 4.39 Å². The van der Waals surface area contributed by atoms with Crippen LogP contribution in [0.25, 0.3) is 0 Å². The molecular formula is C17H20ClFN2. The minimum Gasteiger partial charge on any atom is -0.310 e. The number of hydrogen-bond acceptors (Lipinski definition) is 2. The summed E-state index contributed by atoms with van der Waals surface area (Å²) in [5.41, 5.74) is 3.21. The molecule has 0 spiro atoms. The molecule has 0 aliphatic rings. The Bertz CT molecular complexity index is 584. The lowest BCUT2D eigenvalue weighted by Gasteiger charge is -2.18. The summed E-state index contributed by atoms with van der Waals surface area (Å²) < 4.78 is 13.3. The van der Waals surface area contributed by atoms with E-state index in [4.69, 9.17) is 11.6 Å². The van der Waals surface area contributed by atoms with Crippen molar-refractivity contribution in [2.45, 2.75) is 32.7 Å². The maximum Gasteiger partial charge on any atom is 0.141 e. The average Bonchev–Trinajstić information content (AvgIpc) is 2.50. The summed E-state index contributed by atoms with van der Waals surface area (Å²) in [6, 6.07) is 9.10. The highest BCUT2D eigenvalue weighted by molar-refractivity contribution is 6.30. The number of hydrogen-bond donors (Lipinski definition) is 1. The van der Waals surface area contributed by atoms with Crippen LogP contribution in [-0.2, 0) is 12.8 Å². The second-order valence-electron chi connectivity index (χ2n) is 5.00. The van der Waals surface area contributed by atoms with Gasteiger partial charge in [0.25, 0.3) is 0 Å². The van der Waals surface area contributed by atoms with Gasteiger partial charge in [0.2, 0.25) is 0 Å². The van der Waals surface area contributed by atoms with Crippen LogP contribution in [0.4, 0.5) is 4.39 Å². The fourth-order valence-electron chi connectivity index (χ4n) is 2.28. The molecule has 4 heteroatoms. The van der Waals surface area contributed by atoms with E-state index in [1.807, 2.05) is 19.2 Å². The molecule has 0 saturated heterocycles. The van der Waals surface area contributed by atoms with Crippen LogP contribution in [0, 0.1) is 5.82 Å². The van der Waals surface area contributed by atoms with Gasteiger partial charge in [0.15, 0.2) is 0 Å². The zero-order valence-electron chi connectivity index (χ0n) is 12.4. The van der Waals surface area contributed by atoms with Crippen LogP contribution in [0.2, 0.25) is 5.02 Å². The summed E-state index contributed by atoms with van der Waals surface area (Å²) in [5, 5.41) is 3.56. The monoisotopic (exact) mass is 306 g/mol. The first kappa shape index (κ1) is 15.9. The molecule has 0 saturated carbocycles. The van der Waals surface area contributed by atoms with Crippen LogP contribution >= 0.6 is 11.6 Å². The Morgan fingerprint density at radius 3 is 2.62 bits per heavy atom. The van der Waals surface area contributed by atoms with Crippen molar-refractivity contribution in [3.05, 3.63) is 64.2 Å². The van der Waals surface area contributed by atoms with Crippen molar-refractivity contribution in [1.82, 2.24) is 10.3 Å². The minimum absolute atomic E-state index is 0.0769. The Labute approximate surface area is 130 Å². The van der Waals surface area contributed by atoms with Gasteiger partial charge >= 0.3 is 0 Å². The normalized spacial score (nSPS) is 12.4. The maximum atomic E-state index is 13.3. The predicted octanol–water partition coefficient (Wildman–Crippen LogP) is 4.33. The molecule has 0 amide bonds. The number of nitrogens with zero attached hydrogens (tertiary/aromatic N) is 1. The van der Waals surface area contributed by atoms with Crippen LogP contribution in [0.3, 0.4) is 0 Å².